The second-order valence-electron chi connectivity index (χ2n) is 7.19. The van der Waals surface area contributed by atoms with Crippen molar-refractivity contribution in [1.29, 1.82) is 0 Å². The standard InChI is InChI=1S/C25H24FNO5/c1-17(19-6-4-3-5-7-19)27(15-18-8-10-20(26)11-9-18)24(28)16-32-23-14-21(31-2)12-13-22(23)25(29)30/h3-14,17H,15-16H2,1-2H3,(H,29,30). The van der Waals surface area contributed by atoms with Gasteiger partial charge in [0.05, 0.1) is 13.2 Å². The number of benzene rings is 3. The molecule has 0 saturated carbocycles. The van der Waals surface area contributed by atoms with E-state index in [4.69, 9.17) is 9.47 Å². The van der Waals surface area contributed by atoms with Gasteiger partial charge in [-0.3, -0.25) is 4.79 Å². The third-order valence-corrected chi connectivity index (χ3v) is 5.11. The molecule has 1 unspecified atom stereocenters. The number of aromatic carboxylic acids is 1. The van der Waals surface area contributed by atoms with Crippen LogP contribution in [0.25, 0.3) is 0 Å². The molecule has 32 heavy (non-hydrogen) atoms. The van der Waals surface area contributed by atoms with Gasteiger partial charge in [0.1, 0.15) is 22.9 Å². The number of hydrogen-bond donors (Lipinski definition) is 1. The van der Waals surface area contributed by atoms with Crippen molar-refractivity contribution >= 4 is 11.9 Å². The van der Waals surface area contributed by atoms with Crippen molar-refractivity contribution < 1.29 is 28.6 Å². The van der Waals surface area contributed by atoms with Crippen LogP contribution in [0, 0.1) is 5.82 Å². The van der Waals surface area contributed by atoms with Gasteiger partial charge in [0.15, 0.2) is 6.61 Å². The van der Waals surface area contributed by atoms with E-state index in [0.29, 0.717) is 5.75 Å². The Labute approximate surface area is 185 Å². The van der Waals surface area contributed by atoms with Gasteiger partial charge < -0.3 is 19.5 Å². The lowest BCUT2D eigenvalue weighted by molar-refractivity contribution is -0.136. The van der Waals surface area contributed by atoms with Gasteiger partial charge in [-0.2, -0.15) is 0 Å². The van der Waals surface area contributed by atoms with E-state index in [2.05, 4.69) is 0 Å². The van der Waals surface area contributed by atoms with Crippen LogP contribution in [0.1, 0.15) is 34.5 Å². The monoisotopic (exact) mass is 437 g/mol. The number of carboxylic acid groups (broad SMARTS) is 1. The molecule has 0 radical (unpaired) electrons. The predicted octanol–water partition coefficient (Wildman–Crippen LogP) is 4.70. The number of nitrogens with zero attached hydrogens (tertiary/aromatic N) is 1. The average molecular weight is 437 g/mol. The summed E-state index contributed by atoms with van der Waals surface area (Å²) in [6, 6.07) is 19.5. The van der Waals surface area contributed by atoms with E-state index >= 15 is 0 Å². The summed E-state index contributed by atoms with van der Waals surface area (Å²) in [7, 11) is 1.46. The second kappa shape index (κ2) is 10.4. The van der Waals surface area contributed by atoms with Crippen LogP contribution in [0.4, 0.5) is 4.39 Å². The van der Waals surface area contributed by atoms with Gasteiger partial charge in [0.2, 0.25) is 0 Å². The fourth-order valence-electron chi connectivity index (χ4n) is 3.29. The molecular formula is C25H24FNO5. The Hall–Kier alpha value is -3.87. The van der Waals surface area contributed by atoms with Crippen LogP contribution in [-0.4, -0.2) is 35.6 Å². The molecule has 3 aromatic rings. The molecule has 1 amide bonds. The summed E-state index contributed by atoms with van der Waals surface area (Å²) in [5.74, 6) is -1.41. The Morgan fingerprint density at radius 2 is 1.72 bits per heavy atom. The number of carboxylic acids is 1. The number of halogens is 1. The van der Waals surface area contributed by atoms with Crippen LogP contribution in [0.5, 0.6) is 11.5 Å². The van der Waals surface area contributed by atoms with Crippen molar-refractivity contribution in [3.05, 3.63) is 95.3 Å². The molecular weight excluding hydrogens is 413 g/mol. The zero-order valence-electron chi connectivity index (χ0n) is 17.8. The fraction of sp³-hybridized carbons (Fsp3) is 0.200. The molecule has 7 heteroatoms. The van der Waals surface area contributed by atoms with Crippen LogP contribution in [0.3, 0.4) is 0 Å². The van der Waals surface area contributed by atoms with E-state index < -0.39 is 5.97 Å². The highest BCUT2D eigenvalue weighted by atomic mass is 19.1. The Morgan fingerprint density at radius 3 is 2.34 bits per heavy atom. The maximum Gasteiger partial charge on any atom is 0.339 e. The smallest absolute Gasteiger partial charge is 0.339 e. The topological polar surface area (TPSA) is 76.1 Å². The fourth-order valence-corrected chi connectivity index (χ4v) is 3.29. The lowest BCUT2D eigenvalue weighted by Gasteiger charge is -2.30. The second-order valence-corrected chi connectivity index (χ2v) is 7.19. The summed E-state index contributed by atoms with van der Waals surface area (Å²) < 4.78 is 24.1. The molecule has 0 bridgehead atoms. The molecule has 1 atom stereocenters. The number of hydrogen-bond acceptors (Lipinski definition) is 4. The molecule has 0 saturated heterocycles. The minimum Gasteiger partial charge on any atom is -0.497 e. The molecule has 0 heterocycles. The van der Waals surface area contributed by atoms with E-state index in [1.54, 1.807) is 17.0 Å². The SMILES string of the molecule is COc1ccc(C(=O)O)c(OCC(=O)N(Cc2ccc(F)cc2)C(C)c2ccccc2)c1. The van der Waals surface area contributed by atoms with Crippen molar-refractivity contribution in [2.75, 3.05) is 13.7 Å². The van der Waals surface area contributed by atoms with Crippen LogP contribution < -0.4 is 9.47 Å². The van der Waals surface area contributed by atoms with Gasteiger partial charge in [-0.25, -0.2) is 9.18 Å². The lowest BCUT2D eigenvalue weighted by atomic mass is 10.1. The molecule has 0 aromatic heterocycles. The van der Waals surface area contributed by atoms with Gasteiger partial charge >= 0.3 is 5.97 Å². The number of carbonyl (C=O) groups excluding carboxylic acids is 1. The summed E-state index contributed by atoms with van der Waals surface area (Å²) in [5, 5.41) is 9.41. The van der Waals surface area contributed by atoms with Gasteiger partial charge in [0, 0.05) is 12.6 Å². The normalized spacial score (nSPS) is 11.5. The van der Waals surface area contributed by atoms with Crippen molar-refractivity contribution in [1.82, 2.24) is 4.90 Å². The van der Waals surface area contributed by atoms with Crippen molar-refractivity contribution in [2.45, 2.75) is 19.5 Å². The maximum absolute atomic E-state index is 13.3. The minimum absolute atomic E-state index is 0.0410. The molecule has 0 aliphatic rings. The van der Waals surface area contributed by atoms with Gasteiger partial charge in [-0.1, -0.05) is 42.5 Å². The van der Waals surface area contributed by atoms with E-state index in [1.807, 2.05) is 37.3 Å². The largest absolute Gasteiger partial charge is 0.497 e. The Kier molecular flexibility index (Phi) is 7.44. The first-order valence-electron chi connectivity index (χ1n) is 10.0. The van der Waals surface area contributed by atoms with Crippen LogP contribution in [0.15, 0.2) is 72.8 Å². The molecule has 6 nitrogen and oxygen atoms in total. The number of methoxy groups -OCH3 is 1. The number of ether oxygens (including phenoxy) is 2. The highest BCUT2D eigenvalue weighted by Crippen LogP contribution is 2.26. The first-order valence-corrected chi connectivity index (χ1v) is 10.0. The minimum atomic E-state index is -1.17. The predicted molar refractivity (Wildman–Crippen MR) is 117 cm³/mol. The quantitative estimate of drug-likeness (QED) is 0.525. The average Bonchev–Trinajstić information content (AvgIpc) is 2.82. The Morgan fingerprint density at radius 1 is 1.03 bits per heavy atom. The summed E-state index contributed by atoms with van der Waals surface area (Å²) in [5.41, 5.74) is 1.62. The molecule has 3 aromatic carbocycles. The van der Waals surface area contributed by atoms with Crippen molar-refractivity contribution in [2.24, 2.45) is 0 Å². The Bertz CT molecular complexity index is 1070. The summed E-state index contributed by atoms with van der Waals surface area (Å²) in [6.45, 7) is 1.76. The zero-order valence-corrected chi connectivity index (χ0v) is 17.8. The van der Waals surface area contributed by atoms with E-state index in [-0.39, 0.29) is 42.2 Å². The highest BCUT2D eigenvalue weighted by molar-refractivity contribution is 5.91. The summed E-state index contributed by atoms with van der Waals surface area (Å²) in [4.78, 5) is 26.3. The van der Waals surface area contributed by atoms with Crippen LogP contribution in [-0.2, 0) is 11.3 Å². The molecule has 3 rings (SSSR count). The van der Waals surface area contributed by atoms with Crippen molar-refractivity contribution in [3.8, 4) is 11.5 Å². The zero-order chi connectivity index (χ0) is 23.1. The number of rotatable bonds is 9. The third kappa shape index (κ3) is 5.63. The molecule has 1 N–H and O–H groups in total. The molecule has 0 aliphatic heterocycles. The van der Waals surface area contributed by atoms with E-state index in [1.165, 1.54) is 37.4 Å². The molecule has 166 valence electrons. The van der Waals surface area contributed by atoms with E-state index in [0.717, 1.165) is 11.1 Å². The van der Waals surface area contributed by atoms with Crippen LogP contribution in [0.2, 0.25) is 0 Å². The van der Waals surface area contributed by atoms with Crippen molar-refractivity contribution in [3.63, 3.8) is 0 Å². The third-order valence-electron chi connectivity index (χ3n) is 5.11. The van der Waals surface area contributed by atoms with E-state index in [9.17, 15) is 19.1 Å². The highest BCUT2D eigenvalue weighted by Gasteiger charge is 2.23. The Balaban J connectivity index is 1.83. The number of carbonyl (C=O) groups is 2. The van der Waals surface area contributed by atoms with Gasteiger partial charge in [-0.05, 0) is 42.3 Å². The molecule has 0 fully saturated rings. The van der Waals surface area contributed by atoms with Gasteiger partial charge in [-0.15, -0.1) is 0 Å². The van der Waals surface area contributed by atoms with Crippen LogP contribution >= 0.6 is 0 Å². The number of amides is 1. The maximum atomic E-state index is 13.3. The summed E-state index contributed by atoms with van der Waals surface area (Å²) in [6.07, 6.45) is 0. The first-order chi connectivity index (χ1) is 15.4. The molecule has 0 aliphatic carbocycles. The lowest BCUT2D eigenvalue weighted by Crippen LogP contribution is -2.36. The molecule has 0 spiro atoms. The first kappa shape index (κ1) is 22.8. The summed E-state index contributed by atoms with van der Waals surface area (Å²) >= 11 is 0. The van der Waals surface area contributed by atoms with Gasteiger partial charge in [0.25, 0.3) is 5.91 Å².